The summed E-state index contributed by atoms with van der Waals surface area (Å²) in [5, 5.41) is 0. The van der Waals surface area contributed by atoms with E-state index in [0.717, 1.165) is 6.26 Å². The molecule has 1 aliphatic carbocycles. The van der Waals surface area contributed by atoms with Crippen LogP contribution in [0.5, 0.6) is 0 Å². The average Bonchev–Trinajstić information content (AvgIpc) is 2.48. The van der Waals surface area contributed by atoms with Gasteiger partial charge in [0.05, 0.1) is 12.3 Å². The Labute approximate surface area is 173 Å². The Kier molecular flexibility index (Phi) is 5.77. The minimum Gasteiger partial charge on any atom is -0.444 e. The third kappa shape index (κ3) is 4.65. The monoisotopic (exact) mass is 477 g/mol. The van der Waals surface area contributed by atoms with Gasteiger partial charge in [0.1, 0.15) is 10.2 Å². The molecule has 2 saturated heterocycles. The van der Waals surface area contributed by atoms with E-state index in [9.17, 15) is 17.6 Å². The highest BCUT2D eigenvalue weighted by Gasteiger charge is 2.54. The van der Waals surface area contributed by atoms with E-state index < -0.39 is 39.6 Å². The lowest BCUT2D eigenvalue weighted by atomic mass is 9.67. The molecule has 1 aromatic heterocycles. The largest absolute Gasteiger partial charge is 0.444 e. The van der Waals surface area contributed by atoms with Gasteiger partial charge in [0.25, 0.3) is 0 Å². The molecular weight excluding hydrogens is 453 g/mol. The molecule has 1 amide bonds. The minimum absolute atomic E-state index is 0.0317. The molecule has 3 heterocycles. The summed E-state index contributed by atoms with van der Waals surface area (Å²) >= 11 is 3.08. The molecule has 0 radical (unpaired) electrons. The number of aromatic nitrogens is 1. The summed E-state index contributed by atoms with van der Waals surface area (Å²) in [6, 6.07) is 0.464. The number of nitrogens with zero attached hydrogens (tertiary/aromatic N) is 2. The van der Waals surface area contributed by atoms with E-state index in [0.29, 0.717) is 18.4 Å². The number of amides is 1. The predicted molar refractivity (Wildman–Crippen MR) is 106 cm³/mol. The van der Waals surface area contributed by atoms with E-state index in [1.807, 2.05) is 0 Å². The van der Waals surface area contributed by atoms with Crippen LogP contribution in [0.1, 0.15) is 39.2 Å². The first-order valence-electron chi connectivity index (χ1n) is 9.13. The van der Waals surface area contributed by atoms with Gasteiger partial charge in [-0.1, -0.05) is 0 Å². The highest BCUT2D eigenvalue weighted by atomic mass is 79.9. The van der Waals surface area contributed by atoms with Gasteiger partial charge in [-0.15, -0.1) is 0 Å². The van der Waals surface area contributed by atoms with Crippen molar-refractivity contribution in [3.05, 3.63) is 28.2 Å². The minimum atomic E-state index is -3.50. The number of rotatable bonds is 4. The maximum Gasteiger partial charge on any atom is 0.410 e. The lowest BCUT2D eigenvalue weighted by molar-refractivity contribution is -0.0652. The molecule has 4 rings (SSSR count). The van der Waals surface area contributed by atoms with E-state index in [1.165, 1.54) is 6.20 Å². The predicted octanol–water partition coefficient (Wildman–Crippen LogP) is 2.84. The van der Waals surface area contributed by atoms with Gasteiger partial charge >= 0.3 is 6.09 Å². The SMILES string of the molecule is CC(C)(C)OC(=O)N1C2CC(C2)C(NS(C)(=O)=O)C1Cc1ccnc(Br)c1F. The molecule has 7 nitrogen and oxygen atoms in total. The van der Waals surface area contributed by atoms with Crippen LogP contribution in [0.25, 0.3) is 0 Å². The van der Waals surface area contributed by atoms with Crippen molar-refractivity contribution in [3.8, 4) is 0 Å². The number of hydrogen-bond acceptors (Lipinski definition) is 5. The summed E-state index contributed by atoms with van der Waals surface area (Å²) in [6.45, 7) is 5.33. The number of nitrogens with one attached hydrogen (secondary N) is 1. The highest BCUT2D eigenvalue weighted by molar-refractivity contribution is 9.10. The molecule has 0 spiro atoms. The zero-order chi connectivity index (χ0) is 20.9. The molecule has 1 N–H and O–H groups in total. The lowest BCUT2D eigenvalue weighted by Gasteiger charge is -2.57. The molecule has 3 fully saturated rings. The van der Waals surface area contributed by atoms with E-state index >= 15 is 0 Å². The quantitative estimate of drug-likeness (QED) is 0.673. The average molecular weight is 478 g/mol. The fourth-order valence-corrected chi connectivity index (χ4v) is 5.21. The number of piperidine rings is 2. The van der Waals surface area contributed by atoms with Gasteiger partial charge in [-0.3, -0.25) is 0 Å². The van der Waals surface area contributed by atoms with Crippen molar-refractivity contribution < 1.29 is 22.3 Å². The Bertz CT molecular complexity index is 868. The summed E-state index contributed by atoms with van der Waals surface area (Å²) in [4.78, 5) is 18.4. The van der Waals surface area contributed by atoms with Crippen LogP contribution in [0.15, 0.2) is 16.9 Å². The smallest absolute Gasteiger partial charge is 0.410 e. The maximum absolute atomic E-state index is 14.5. The molecule has 156 valence electrons. The summed E-state index contributed by atoms with van der Waals surface area (Å²) in [7, 11) is -3.50. The Morgan fingerprint density at radius 3 is 2.64 bits per heavy atom. The summed E-state index contributed by atoms with van der Waals surface area (Å²) < 4.78 is 46.8. The van der Waals surface area contributed by atoms with E-state index in [2.05, 4.69) is 25.6 Å². The Hall–Kier alpha value is -1.26. The number of fused-ring (bicyclic) bond motifs is 2. The van der Waals surface area contributed by atoms with E-state index in [1.54, 1.807) is 31.7 Å². The van der Waals surface area contributed by atoms with Gasteiger partial charge < -0.3 is 9.64 Å². The number of ether oxygens (including phenoxy) is 1. The standard InChI is InChI=1S/C18H25BrFN3O4S/c1-18(2,3)27-17(24)23-12-7-11(8-12)15(22-28(4,25)26)13(23)9-10-5-6-21-16(19)14(10)20/h5-6,11-13,15,22H,7-9H2,1-4H3. The zero-order valence-electron chi connectivity index (χ0n) is 16.3. The first kappa shape index (κ1) is 21.4. The van der Waals surface area contributed by atoms with Crippen LogP contribution in [0.4, 0.5) is 9.18 Å². The van der Waals surface area contributed by atoms with Crippen LogP contribution >= 0.6 is 15.9 Å². The van der Waals surface area contributed by atoms with E-state index in [4.69, 9.17) is 4.74 Å². The second-order valence-corrected chi connectivity index (χ2v) is 11.1. The number of sulfonamides is 1. The molecular formula is C18H25BrFN3O4S. The maximum atomic E-state index is 14.5. The molecule has 1 saturated carbocycles. The first-order chi connectivity index (χ1) is 12.9. The van der Waals surface area contributed by atoms with Gasteiger partial charge in [-0.05, 0) is 73.5 Å². The van der Waals surface area contributed by atoms with Crippen LogP contribution in [-0.2, 0) is 21.2 Å². The Morgan fingerprint density at radius 1 is 1.43 bits per heavy atom. The topological polar surface area (TPSA) is 88.6 Å². The van der Waals surface area contributed by atoms with Crippen LogP contribution in [-0.4, -0.2) is 54.4 Å². The molecule has 28 heavy (non-hydrogen) atoms. The summed E-state index contributed by atoms with van der Waals surface area (Å²) in [5.74, 6) is -0.402. The zero-order valence-corrected chi connectivity index (χ0v) is 18.7. The molecule has 2 unspecified atom stereocenters. The van der Waals surface area contributed by atoms with Crippen LogP contribution in [0, 0.1) is 11.7 Å². The van der Waals surface area contributed by atoms with Gasteiger partial charge in [-0.2, -0.15) is 0 Å². The first-order valence-corrected chi connectivity index (χ1v) is 11.8. The number of pyridine rings is 1. The van der Waals surface area contributed by atoms with Crippen molar-refractivity contribution >= 4 is 32.0 Å². The lowest BCUT2D eigenvalue weighted by Crippen LogP contribution is -2.70. The van der Waals surface area contributed by atoms with Crippen molar-refractivity contribution in [2.24, 2.45) is 5.92 Å². The van der Waals surface area contributed by atoms with Crippen molar-refractivity contribution in [3.63, 3.8) is 0 Å². The summed E-state index contributed by atoms with van der Waals surface area (Å²) in [5.41, 5.74) is -0.325. The molecule has 0 aromatic carbocycles. The Morgan fingerprint density at radius 2 is 2.07 bits per heavy atom. The second-order valence-electron chi connectivity index (χ2n) is 8.54. The van der Waals surface area contributed by atoms with E-state index in [-0.39, 0.29) is 23.0 Å². The van der Waals surface area contributed by atoms with Crippen LogP contribution in [0.2, 0.25) is 0 Å². The highest BCUT2D eigenvalue weighted by Crippen LogP contribution is 2.44. The normalized spacial score (nSPS) is 27.3. The molecule has 2 bridgehead atoms. The fraction of sp³-hybridized carbons (Fsp3) is 0.667. The molecule has 2 aliphatic heterocycles. The molecule has 1 aromatic rings. The van der Waals surface area contributed by atoms with Gasteiger partial charge in [0.15, 0.2) is 5.82 Å². The van der Waals surface area contributed by atoms with Crippen molar-refractivity contribution in [1.82, 2.24) is 14.6 Å². The fourth-order valence-electron chi connectivity index (χ4n) is 3.99. The molecule has 10 heteroatoms. The van der Waals surface area contributed by atoms with Crippen LogP contribution < -0.4 is 4.72 Å². The number of carbonyl (C=O) groups is 1. The van der Waals surface area contributed by atoms with Gasteiger partial charge in [0.2, 0.25) is 10.0 Å². The van der Waals surface area contributed by atoms with Crippen molar-refractivity contribution in [2.45, 2.75) is 63.8 Å². The Balaban J connectivity index is 1.96. The van der Waals surface area contributed by atoms with Crippen molar-refractivity contribution in [1.29, 1.82) is 0 Å². The molecule has 2 atom stereocenters. The molecule has 3 aliphatic rings. The number of hydrogen-bond donors (Lipinski definition) is 1. The van der Waals surface area contributed by atoms with Gasteiger partial charge in [0, 0.05) is 18.3 Å². The third-order valence-electron chi connectivity index (χ3n) is 5.13. The number of halogens is 2. The van der Waals surface area contributed by atoms with Crippen molar-refractivity contribution in [2.75, 3.05) is 6.26 Å². The third-order valence-corrected chi connectivity index (χ3v) is 6.39. The van der Waals surface area contributed by atoms with Crippen LogP contribution in [0.3, 0.4) is 0 Å². The summed E-state index contributed by atoms with van der Waals surface area (Å²) in [6.07, 6.45) is 3.62. The number of carbonyl (C=O) groups excluding carboxylic acids is 1. The van der Waals surface area contributed by atoms with Gasteiger partial charge in [-0.25, -0.2) is 27.3 Å². The second kappa shape index (κ2) is 7.53.